The molecule has 2 heterocycles. The summed E-state index contributed by atoms with van der Waals surface area (Å²) >= 11 is 0. The second-order valence-corrected chi connectivity index (χ2v) is 4.71. The first-order valence-corrected chi connectivity index (χ1v) is 5.89. The highest BCUT2D eigenvalue weighted by Crippen LogP contribution is 2.26. The summed E-state index contributed by atoms with van der Waals surface area (Å²) in [6.45, 7) is -0.434. The van der Waals surface area contributed by atoms with Gasteiger partial charge in [0.05, 0.1) is 6.54 Å². The third-order valence-electron chi connectivity index (χ3n) is 3.34. The van der Waals surface area contributed by atoms with Crippen molar-refractivity contribution in [3.8, 4) is 0 Å². The van der Waals surface area contributed by atoms with E-state index >= 15 is 0 Å². The lowest BCUT2D eigenvalue weighted by Gasteiger charge is -2.23. The van der Waals surface area contributed by atoms with Gasteiger partial charge in [-0.1, -0.05) is 0 Å². The highest BCUT2D eigenvalue weighted by molar-refractivity contribution is 6.39. The fraction of sp³-hybridized carbons (Fsp3) is 0.636. The Hall–Kier alpha value is -1.99. The van der Waals surface area contributed by atoms with Gasteiger partial charge >= 0.3 is 5.97 Å². The summed E-state index contributed by atoms with van der Waals surface area (Å²) in [6.07, 6.45) is 0.148. The Kier molecular flexibility index (Phi) is 3.25. The number of carboxylic acid groups (broad SMARTS) is 1. The number of hydrogen-bond donors (Lipinski definition) is 1. The van der Waals surface area contributed by atoms with Gasteiger partial charge in [-0.25, -0.2) is 14.2 Å². The number of alkyl halides is 1. The average molecular weight is 271 g/mol. The number of hydrazone groups is 1. The minimum atomic E-state index is -2.38. The molecule has 1 atom stereocenters. The maximum Gasteiger partial charge on any atom is 0.343 e. The number of carbonyl (C=O) groups is 3. The topological polar surface area (TPSA) is 90.3 Å². The molecule has 1 fully saturated rings. The van der Waals surface area contributed by atoms with Gasteiger partial charge in [-0.15, -0.1) is 0 Å². The number of rotatable bonds is 2. The van der Waals surface area contributed by atoms with Crippen LogP contribution in [0.1, 0.15) is 19.3 Å². The molecule has 0 aromatic heterocycles. The third kappa shape index (κ3) is 2.42. The third-order valence-corrected chi connectivity index (χ3v) is 3.34. The van der Waals surface area contributed by atoms with E-state index < -0.39 is 24.1 Å². The van der Waals surface area contributed by atoms with E-state index in [1.165, 1.54) is 7.05 Å². The van der Waals surface area contributed by atoms with E-state index in [0.29, 0.717) is 0 Å². The van der Waals surface area contributed by atoms with Crippen molar-refractivity contribution in [2.45, 2.75) is 24.9 Å². The fourth-order valence-corrected chi connectivity index (χ4v) is 2.13. The van der Waals surface area contributed by atoms with E-state index in [2.05, 4.69) is 5.10 Å². The Bertz CT molecular complexity index is 479. The molecule has 0 bridgehead atoms. The molecule has 0 saturated carbocycles. The molecule has 1 N–H and O–H groups in total. The lowest BCUT2D eigenvalue weighted by Crippen LogP contribution is -2.43. The van der Waals surface area contributed by atoms with Gasteiger partial charge in [0.25, 0.3) is 5.91 Å². The van der Waals surface area contributed by atoms with Crippen molar-refractivity contribution in [1.29, 1.82) is 0 Å². The van der Waals surface area contributed by atoms with Gasteiger partial charge in [-0.3, -0.25) is 9.59 Å². The summed E-state index contributed by atoms with van der Waals surface area (Å²) in [6, 6.07) is 0. The van der Waals surface area contributed by atoms with Crippen LogP contribution in [0.5, 0.6) is 0 Å². The van der Waals surface area contributed by atoms with Crippen molar-refractivity contribution < 1.29 is 23.9 Å². The molecule has 2 rings (SSSR count). The predicted octanol–water partition coefficient (Wildman–Crippen LogP) is -0.380. The number of aliphatic carboxylic acids is 1. The van der Waals surface area contributed by atoms with Crippen molar-refractivity contribution in [1.82, 2.24) is 9.91 Å². The first-order valence-electron chi connectivity index (χ1n) is 5.89. The van der Waals surface area contributed by atoms with Gasteiger partial charge in [0, 0.05) is 32.9 Å². The van der Waals surface area contributed by atoms with Crippen molar-refractivity contribution in [3.05, 3.63) is 0 Å². The van der Waals surface area contributed by atoms with Crippen LogP contribution in [-0.2, 0) is 14.4 Å². The fourth-order valence-electron chi connectivity index (χ4n) is 2.13. The van der Waals surface area contributed by atoms with Crippen LogP contribution in [0.2, 0.25) is 0 Å². The molecular formula is C11H14FN3O4. The van der Waals surface area contributed by atoms with Gasteiger partial charge in [-0.05, 0) is 0 Å². The molecule has 1 unspecified atom stereocenters. The molecule has 7 nitrogen and oxygen atoms in total. The number of amides is 2. The number of nitrogens with zero attached hydrogens (tertiary/aromatic N) is 3. The van der Waals surface area contributed by atoms with E-state index in [1.807, 2.05) is 0 Å². The maximum atomic E-state index is 13.9. The molecule has 0 spiro atoms. The van der Waals surface area contributed by atoms with Crippen LogP contribution in [0.25, 0.3) is 0 Å². The number of carboxylic acids is 1. The second kappa shape index (κ2) is 4.60. The predicted molar refractivity (Wildman–Crippen MR) is 62.1 cm³/mol. The molecule has 0 aliphatic carbocycles. The zero-order valence-corrected chi connectivity index (χ0v) is 10.4. The molecule has 0 radical (unpaired) electrons. The van der Waals surface area contributed by atoms with Crippen molar-refractivity contribution in [2.24, 2.45) is 5.10 Å². The highest BCUT2D eigenvalue weighted by Gasteiger charge is 2.47. The zero-order valence-electron chi connectivity index (χ0n) is 10.4. The van der Waals surface area contributed by atoms with Crippen LogP contribution in [0, 0.1) is 0 Å². The molecule has 1 saturated heterocycles. The van der Waals surface area contributed by atoms with Gasteiger partial charge in [0.2, 0.25) is 11.6 Å². The number of carbonyl (C=O) groups excluding carboxylic acids is 2. The van der Waals surface area contributed by atoms with Crippen LogP contribution in [0.4, 0.5) is 4.39 Å². The average Bonchev–Trinajstić information content (AvgIpc) is 2.76. The van der Waals surface area contributed by atoms with Crippen LogP contribution < -0.4 is 0 Å². The van der Waals surface area contributed by atoms with Crippen LogP contribution in [0.3, 0.4) is 0 Å². The van der Waals surface area contributed by atoms with Crippen molar-refractivity contribution in [3.63, 3.8) is 0 Å². The van der Waals surface area contributed by atoms with E-state index in [0.717, 1.165) is 9.91 Å². The Morgan fingerprint density at radius 2 is 2.11 bits per heavy atom. The van der Waals surface area contributed by atoms with Crippen molar-refractivity contribution >= 4 is 23.5 Å². The molecular weight excluding hydrogens is 257 g/mol. The highest BCUT2D eigenvalue weighted by atomic mass is 19.1. The summed E-state index contributed by atoms with van der Waals surface area (Å²) in [5.41, 5.74) is -2.22. The Morgan fingerprint density at radius 3 is 2.63 bits per heavy atom. The monoisotopic (exact) mass is 271 g/mol. The van der Waals surface area contributed by atoms with E-state index in [1.54, 1.807) is 0 Å². The Balaban J connectivity index is 2.08. The number of hydrogen-bond acceptors (Lipinski definition) is 4. The second-order valence-electron chi connectivity index (χ2n) is 4.71. The molecule has 8 heteroatoms. The van der Waals surface area contributed by atoms with Gasteiger partial charge in [0.15, 0.2) is 0 Å². The normalized spacial score (nSPS) is 27.5. The minimum Gasteiger partial charge on any atom is -0.479 e. The van der Waals surface area contributed by atoms with E-state index in [4.69, 9.17) is 5.11 Å². The molecule has 2 amide bonds. The summed E-state index contributed by atoms with van der Waals surface area (Å²) in [7, 11) is 1.44. The van der Waals surface area contributed by atoms with Gasteiger partial charge in [-0.2, -0.15) is 5.10 Å². The SMILES string of the molecule is CN1N=C(C(=O)N2CCC(F)(C(=O)O)C2)CCC1=O. The summed E-state index contributed by atoms with van der Waals surface area (Å²) in [4.78, 5) is 35.2. The smallest absolute Gasteiger partial charge is 0.343 e. The van der Waals surface area contributed by atoms with Crippen LogP contribution >= 0.6 is 0 Å². The largest absolute Gasteiger partial charge is 0.479 e. The lowest BCUT2D eigenvalue weighted by atomic mass is 10.1. The summed E-state index contributed by atoms with van der Waals surface area (Å²) < 4.78 is 13.9. The molecule has 104 valence electrons. The van der Waals surface area contributed by atoms with Crippen LogP contribution in [-0.4, -0.2) is 64.3 Å². The van der Waals surface area contributed by atoms with Gasteiger partial charge in [0.1, 0.15) is 5.71 Å². The summed E-state index contributed by atoms with van der Waals surface area (Å²) in [5.74, 6) is -2.25. The van der Waals surface area contributed by atoms with Crippen LogP contribution in [0.15, 0.2) is 5.10 Å². The Labute approximate surface area is 108 Å². The molecule has 19 heavy (non-hydrogen) atoms. The summed E-state index contributed by atoms with van der Waals surface area (Å²) in [5, 5.41) is 13.7. The molecule has 0 aromatic carbocycles. The van der Waals surface area contributed by atoms with E-state index in [-0.39, 0.29) is 37.4 Å². The standard InChI is InChI=1S/C11H14FN3O4/c1-14-8(16)3-2-7(13-14)9(17)15-5-4-11(12,6-15)10(18)19/h2-6H2,1H3,(H,18,19). The minimum absolute atomic E-state index is 0.0400. The first kappa shape index (κ1) is 13.4. The zero-order chi connectivity index (χ0) is 14.2. The first-order chi connectivity index (χ1) is 8.83. The number of likely N-dealkylation sites (tertiary alicyclic amines) is 1. The molecule has 0 aromatic rings. The lowest BCUT2D eigenvalue weighted by molar-refractivity contribution is -0.150. The molecule has 2 aliphatic rings. The maximum absolute atomic E-state index is 13.9. The van der Waals surface area contributed by atoms with Crippen molar-refractivity contribution in [2.75, 3.05) is 20.1 Å². The Morgan fingerprint density at radius 1 is 1.42 bits per heavy atom. The van der Waals surface area contributed by atoms with E-state index in [9.17, 15) is 18.8 Å². The van der Waals surface area contributed by atoms with Gasteiger partial charge < -0.3 is 10.0 Å². The number of halogens is 1. The quantitative estimate of drug-likeness (QED) is 0.741. The molecule has 2 aliphatic heterocycles.